The van der Waals surface area contributed by atoms with E-state index < -0.39 is 7.26 Å². The Morgan fingerprint density at radius 1 is 0.536 bits per heavy atom. The Hall–Kier alpha value is -2.89. The van der Waals surface area contributed by atoms with Crippen molar-refractivity contribution in [3.8, 4) is 5.75 Å². The van der Waals surface area contributed by atoms with Gasteiger partial charge in [-0.05, 0) is 54.1 Å². The summed E-state index contributed by atoms with van der Waals surface area (Å²) in [4.78, 5) is 0. The first-order valence-electron chi connectivity index (χ1n) is 9.51. The molecule has 0 saturated heterocycles. The van der Waals surface area contributed by atoms with Gasteiger partial charge in [-0.25, -0.2) is 0 Å². The van der Waals surface area contributed by atoms with Crippen LogP contribution >= 0.6 is 7.26 Å². The van der Waals surface area contributed by atoms with Crippen LogP contribution in [0.15, 0.2) is 115 Å². The van der Waals surface area contributed by atoms with Gasteiger partial charge in [-0.15, -0.1) is 0 Å². The molecule has 0 unspecified atom stereocenters. The highest BCUT2D eigenvalue weighted by atomic mass is 31.2. The predicted octanol–water partition coefficient (Wildman–Crippen LogP) is 5.19. The van der Waals surface area contributed by atoms with Crippen molar-refractivity contribution in [2.75, 3.05) is 7.11 Å². The van der Waals surface area contributed by atoms with Crippen LogP contribution < -0.4 is 20.7 Å². The molecule has 0 amide bonds. The highest BCUT2D eigenvalue weighted by Gasteiger charge is 2.45. The molecule has 0 bridgehead atoms. The molecule has 0 aliphatic heterocycles. The second-order valence-electron chi connectivity index (χ2n) is 6.82. The van der Waals surface area contributed by atoms with Crippen molar-refractivity contribution in [2.24, 2.45) is 0 Å². The predicted molar refractivity (Wildman–Crippen MR) is 122 cm³/mol. The molecule has 0 atom stereocenters. The van der Waals surface area contributed by atoms with E-state index in [0.717, 1.165) is 11.9 Å². The van der Waals surface area contributed by atoms with Gasteiger partial charge in [0.25, 0.3) is 0 Å². The van der Waals surface area contributed by atoms with E-state index >= 15 is 0 Å². The van der Waals surface area contributed by atoms with E-state index in [2.05, 4.69) is 115 Å². The third kappa shape index (κ3) is 3.59. The topological polar surface area (TPSA) is 9.23 Å². The normalized spacial score (nSPS) is 11.2. The van der Waals surface area contributed by atoms with Crippen molar-refractivity contribution in [3.63, 3.8) is 0 Å². The van der Waals surface area contributed by atoms with E-state index in [4.69, 9.17) is 4.74 Å². The van der Waals surface area contributed by atoms with Gasteiger partial charge < -0.3 is 4.74 Å². The summed E-state index contributed by atoms with van der Waals surface area (Å²) < 4.78 is 5.42. The molecule has 1 nitrogen and oxygen atoms in total. The summed E-state index contributed by atoms with van der Waals surface area (Å²) in [5.41, 5.74) is 1.36. The van der Waals surface area contributed by atoms with Crippen LogP contribution in [-0.2, 0) is 6.16 Å². The minimum absolute atomic E-state index is 0.891. The lowest BCUT2D eigenvalue weighted by Gasteiger charge is -2.28. The number of methoxy groups -OCH3 is 1. The molecule has 0 aliphatic carbocycles. The third-order valence-corrected chi connectivity index (χ3v) is 9.55. The lowest BCUT2D eigenvalue weighted by Crippen LogP contribution is -2.32. The Kier molecular flexibility index (Phi) is 5.55. The van der Waals surface area contributed by atoms with Gasteiger partial charge >= 0.3 is 0 Å². The molecule has 0 saturated carbocycles. The molecule has 4 rings (SSSR count). The molecular formula is C26H24OP+. The van der Waals surface area contributed by atoms with Gasteiger partial charge in [-0.2, -0.15) is 0 Å². The first-order chi connectivity index (χ1) is 13.8. The lowest BCUT2D eigenvalue weighted by atomic mass is 10.2. The van der Waals surface area contributed by atoms with Gasteiger partial charge in [-0.3, -0.25) is 0 Å². The van der Waals surface area contributed by atoms with Crippen molar-refractivity contribution < 1.29 is 4.74 Å². The smallest absolute Gasteiger partial charge is 0.119 e. The number of rotatable bonds is 6. The molecule has 4 aromatic rings. The SMILES string of the molecule is COc1ccc([P+](Cc2ccccc2)(c2ccccc2)c2ccccc2)cc1. The van der Waals surface area contributed by atoms with E-state index in [1.54, 1.807) is 7.11 Å². The van der Waals surface area contributed by atoms with Gasteiger partial charge in [0.05, 0.1) is 13.3 Å². The standard InChI is InChI=1S/C26H24OP/c1-27-23-17-19-26(20-18-23)28(24-13-7-3-8-14-24,25-15-9-4-10-16-25)21-22-11-5-2-6-12-22/h2-20H,21H2,1H3/q+1. The molecule has 0 fully saturated rings. The van der Waals surface area contributed by atoms with Gasteiger partial charge in [-0.1, -0.05) is 66.7 Å². The maximum absolute atomic E-state index is 5.42. The van der Waals surface area contributed by atoms with Crippen molar-refractivity contribution in [3.05, 3.63) is 121 Å². The molecule has 0 heterocycles. The van der Waals surface area contributed by atoms with Gasteiger partial charge in [0.1, 0.15) is 28.9 Å². The number of hydrogen-bond acceptors (Lipinski definition) is 1. The van der Waals surface area contributed by atoms with Gasteiger partial charge in [0, 0.05) is 0 Å². The van der Waals surface area contributed by atoms with Crippen molar-refractivity contribution in [1.82, 2.24) is 0 Å². The molecule has 0 N–H and O–H groups in total. The zero-order valence-corrected chi connectivity index (χ0v) is 16.9. The molecule has 2 heteroatoms. The summed E-state index contributed by atoms with van der Waals surface area (Å²) in [6, 6.07) is 41.4. The maximum Gasteiger partial charge on any atom is 0.119 e. The summed E-state index contributed by atoms with van der Waals surface area (Å²) in [6.45, 7) is 0. The van der Waals surface area contributed by atoms with Crippen LogP contribution in [0.2, 0.25) is 0 Å². The van der Waals surface area contributed by atoms with Crippen LogP contribution in [0, 0.1) is 0 Å². The first kappa shape index (κ1) is 18.5. The second-order valence-corrected chi connectivity index (χ2v) is 10.3. The average molecular weight is 383 g/mol. The molecule has 0 radical (unpaired) electrons. The van der Waals surface area contributed by atoms with E-state index in [-0.39, 0.29) is 0 Å². The zero-order valence-electron chi connectivity index (χ0n) is 16.0. The Balaban J connectivity index is 1.98. The van der Waals surface area contributed by atoms with Crippen LogP contribution in [-0.4, -0.2) is 7.11 Å². The lowest BCUT2D eigenvalue weighted by molar-refractivity contribution is 0.415. The van der Waals surface area contributed by atoms with Crippen molar-refractivity contribution in [1.29, 1.82) is 0 Å². The first-order valence-corrected chi connectivity index (χ1v) is 11.5. The largest absolute Gasteiger partial charge is 0.497 e. The van der Waals surface area contributed by atoms with Gasteiger partial charge in [0.2, 0.25) is 0 Å². The summed E-state index contributed by atoms with van der Waals surface area (Å²) >= 11 is 0. The minimum Gasteiger partial charge on any atom is -0.497 e. The summed E-state index contributed by atoms with van der Waals surface area (Å²) in [7, 11) is -0.143. The second kappa shape index (κ2) is 8.42. The van der Waals surface area contributed by atoms with Crippen LogP contribution in [0.1, 0.15) is 5.56 Å². The highest BCUT2D eigenvalue weighted by molar-refractivity contribution is 7.95. The van der Waals surface area contributed by atoms with Crippen molar-refractivity contribution >= 4 is 23.2 Å². The zero-order chi connectivity index (χ0) is 19.2. The fraction of sp³-hybridized carbons (Fsp3) is 0.0769. The summed E-state index contributed by atoms with van der Waals surface area (Å²) in [5.74, 6) is 0.891. The van der Waals surface area contributed by atoms with E-state index in [1.807, 2.05) is 0 Å². The minimum atomic E-state index is -1.86. The Labute approximate surface area is 168 Å². The molecule has 28 heavy (non-hydrogen) atoms. The van der Waals surface area contributed by atoms with E-state index in [9.17, 15) is 0 Å². The van der Waals surface area contributed by atoms with E-state index in [1.165, 1.54) is 21.5 Å². The van der Waals surface area contributed by atoms with Crippen LogP contribution in [0.4, 0.5) is 0 Å². The molecular weight excluding hydrogens is 359 g/mol. The fourth-order valence-corrected chi connectivity index (χ4v) is 8.00. The fourth-order valence-electron chi connectivity index (χ4n) is 3.78. The Morgan fingerprint density at radius 3 is 1.43 bits per heavy atom. The summed E-state index contributed by atoms with van der Waals surface area (Å²) in [6.07, 6.45) is 0.994. The average Bonchev–Trinajstić information content (AvgIpc) is 2.79. The van der Waals surface area contributed by atoms with Crippen molar-refractivity contribution in [2.45, 2.75) is 6.16 Å². The molecule has 138 valence electrons. The third-order valence-electron chi connectivity index (χ3n) is 5.17. The number of hydrogen-bond donors (Lipinski definition) is 0. The van der Waals surface area contributed by atoms with Crippen LogP contribution in [0.5, 0.6) is 5.75 Å². The molecule has 0 spiro atoms. The monoisotopic (exact) mass is 383 g/mol. The Morgan fingerprint density at radius 2 is 0.964 bits per heavy atom. The van der Waals surface area contributed by atoms with Crippen LogP contribution in [0.3, 0.4) is 0 Å². The molecule has 4 aromatic carbocycles. The number of benzene rings is 4. The Bertz CT molecular complexity index is 957. The van der Waals surface area contributed by atoms with Gasteiger partial charge in [0.15, 0.2) is 0 Å². The summed E-state index contributed by atoms with van der Waals surface area (Å²) in [5, 5.41) is 4.17. The van der Waals surface area contributed by atoms with Crippen LogP contribution in [0.25, 0.3) is 0 Å². The molecule has 0 aromatic heterocycles. The quantitative estimate of drug-likeness (QED) is 0.417. The number of ether oxygens (including phenoxy) is 1. The van der Waals surface area contributed by atoms with E-state index in [0.29, 0.717) is 0 Å². The highest BCUT2D eigenvalue weighted by Crippen LogP contribution is 2.58. The maximum atomic E-state index is 5.42. The molecule has 0 aliphatic rings.